The number of carboxylic acid groups (broad SMARTS) is 1. The third-order valence-corrected chi connectivity index (χ3v) is 5.60. The van der Waals surface area contributed by atoms with E-state index in [0.717, 1.165) is 17.8 Å². The summed E-state index contributed by atoms with van der Waals surface area (Å²) in [7, 11) is 0. The van der Waals surface area contributed by atoms with E-state index in [4.69, 9.17) is 15.6 Å². The van der Waals surface area contributed by atoms with Crippen LogP contribution in [0.3, 0.4) is 0 Å². The van der Waals surface area contributed by atoms with Crippen molar-refractivity contribution in [2.24, 2.45) is 5.73 Å². The minimum atomic E-state index is -5.08. The van der Waals surface area contributed by atoms with Gasteiger partial charge in [0.25, 0.3) is 0 Å². The molecular formula is C29H28F3N3O3. The minimum Gasteiger partial charge on any atom is -0.475 e. The Hall–Kier alpha value is -4.37. The van der Waals surface area contributed by atoms with Crippen LogP contribution in [0.1, 0.15) is 29.5 Å². The van der Waals surface area contributed by atoms with E-state index in [1.165, 1.54) is 16.8 Å². The molecule has 0 aliphatic carbocycles. The summed E-state index contributed by atoms with van der Waals surface area (Å²) in [4.78, 5) is 22.9. The van der Waals surface area contributed by atoms with E-state index < -0.39 is 18.2 Å². The standard InChI is InChI=1S/C27H27N3O.C2HF3O2/c1-20(28)27(31)29-24-15-12-21(13-16-24)11-14-23-17-18-30(19-22-7-3-2-4-8-22)26-10-6-5-9-25(23)26;3-2(4,5)1(6)7/h2-18,20,23H,19,28H2,1H3,(H,29,31);(H,6,7)/b14-11+;/t20-,23?;/m0./s1. The fourth-order valence-corrected chi connectivity index (χ4v) is 3.65. The Morgan fingerprint density at radius 1 is 1.03 bits per heavy atom. The lowest BCUT2D eigenvalue weighted by Crippen LogP contribution is -2.32. The first-order valence-corrected chi connectivity index (χ1v) is 11.8. The van der Waals surface area contributed by atoms with Crippen LogP contribution in [-0.4, -0.2) is 29.2 Å². The van der Waals surface area contributed by atoms with E-state index in [-0.39, 0.29) is 11.8 Å². The summed E-state index contributed by atoms with van der Waals surface area (Å²) in [5.41, 5.74) is 11.2. The molecule has 1 aliphatic heterocycles. The monoisotopic (exact) mass is 523 g/mol. The third kappa shape index (κ3) is 8.07. The first-order chi connectivity index (χ1) is 18.0. The number of benzene rings is 3. The van der Waals surface area contributed by atoms with Crippen molar-refractivity contribution in [3.05, 3.63) is 114 Å². The van der Waals surface area contributed by atoms with Gasteiger partial charge in [-0.05, 0) is 41.8 Å². The van der Waals surface area contributed by atoms with Crippen LogP contribution >= 0.6 is 0 Å². The van der Waals surface area contributed by atoms with E-state index in [1.807, 2.05) is 30.3 Å². The Bertz CT molecular complexity index is 1290. The zero-order chi connectivity index (χ0) is 27.7. The Balaban J connectivity index is 0.000000505. The predicted molar refractivity (Wildman–Crippen MR) is 142 cm³/mol. The summed E-state index contributed by atoms with van der Waals surface area (Å²) in [6, 6.07) is 26.3. The first-order valence-electron chi connectivity index (χ1n) is 11.8. The van der Waals surface area contributed by atoms with Crippen LogP contribution in [0.25, 0.3) is 6.08 Å². The summed E-state index contributed by atoms with van der Waals surface area (Å²) >= 11 is 0. The van der Waals surface area contributed by atoms with Gasteiger partial charge in [-0.2, -0.15) is 13.2 Å². The van der Waals surface area contributed by atoms with Crippen LogP contribution < -0.4 is 16.0 Å². The normalized spacial score (nSPS) is 15.3. The summed E-state index contributed by atoms with van der Waals surface area (Å²) in [6.45, 7) is 2.52. The van der Waals surface area contributed by atoms with E-state index in [2.05, 4.69) is 83.2 Å². The summed E-state index contributed by atoms with van der Waals surface area (Å²) in [5.74, 6) is -2.74. The van der Waals surface area contributed by atoms with Crippen molar-refractivity contribution < 1.29 is 27.9 Å². The van der Waals surface area contributed by atoms with Crippen molar-refractivity contribution in [3.8, 4) is 0 Å². The van der Waals surface area contributed by atoms with E-state index in [1.54, 1.807) is 6.92 Å². The third-order valence-electron chi connectivity index (χ3n) is 5.60. The second-order valence-corrected chi connectivity index (χ2v) is 8.60. The van der Waals surface area contributed by atoms with Gasteiger partial charge in [-0.25, -0.2) is 4.79 Å². The number of halogens is 3. The van der Waals surface area contributed by atoms with Crippen LogP contribution in [0.5, 0.6) is 0 Å². The number of allylic oxidation sites excluding steroid dienone is 2. The number of hydrogen-bond acceptors (Lipinski definition) is 4. The van der Waals surface area contributed by atoms with Crippen molar-refractivity contribution >= 4 is 29.3 Å². The molecular weight excluding hydrogens is 495 g/mol. The highest BCUT2D eigenvalue weighted by Crippen LogP contribution is 2.35. The maximum absolute atomic E-state index is 11.7. The smallest absolute Gasteiger partial charge is 0.475 e. The number of nitrogens with two attached hydrogens (primary N) is 1. The molecule has 1 aliphatic rings. The van der Waals surface area contributed by atoms with Crippen molar-refractivity contribution in [1.82, 2.24) is 0 Å². The van der Waals surface area contributed by atoms with Gasteiger partial charge in [-0.1, -0.05) is 78.9 Å². The summed E-state index contributed by atoms with van der Waals surface area (Å²) < 4.78 is 31.7. The molecule has 0 saturated heterocycles. The number of carboxylic acids is 1. The van der Waals surface area contributed by atoms with Crippen molar-refractivity contribution in [2.45, 2.75) is 31.6 Å². The zero-order valence-corrected chi connectivity index (χ0v) is 20.6. The molecule has 0 saturated carbocycles. The van der Waals surface area contributed by atoms with Gasteiger partial charge in [0.2, 0.25) is 5.91 Å². The highest BCUT2D eigenvalue weighted by Gasteiger charge is 2.38. The van der Waals surface area contributed by atoms with Crippen LogP contribution in [0.4, 0.5) is 24.5 Å². The van der Waals surface area contributed by atoms with Gasteiger partial charge in [0.1, 0.15) is 0 Å². The molecule has 1 heterocycles. The number of fused-ring (bicyclic) bond motifs is 1. The van der Waals surface area contributed by atoms with Crippen molar-refractivity contribution in [2.75, 3.05) is 10.2 Å². The lowest BCUT2D eigenvalue weighted by atomic mass is 9.92. The average Bonchev–Trinajstić information content (AvgIpc) is 2.89. The molecule has 3 aromatic carbocycles. The number of nitrogens with zero attached hydrogens (tertiary/aromatic N) is 1. The van der Waals surface area contributed by atoms with E-state index in [0.29, 0.717) is 0 Å². The van der Waals surface area contributed by atoms with Crippen LogP contribution in [0.15, 0.2) is 97.2 Å². The molecule has 0 spiro atoms. The highest BCUT2D eigenvalue weighted by atomic mass is 19.4. The first kappa shape index (κ1) is 28.2. The second-order valence-electron chi connectivity index (χ2n) is 8.60. The van der Waals surface area contributed by atoms with Gasteiger partial charge < -0.3 is 21.1 Å². The molecule has 38 heavy (non-hydrogen) atoms. The number of nitrogens with one attached hydrogen (secondary N) is 1. The molecule has 4 rings (SSSR count). The van der Waals surface area contributed by atoms with E-state index in [9.17, 15) is 18.0 Å². The second kappa shape index (κ2) is 12.7. The number of hydrogen-bond donors (Lipinski definition) is 3. The molecule has 1 unspecified atom stereocenters. The molecule has 0 aromatic heterocycles. The molecule has 0 bridgehead atoms. The number of para-hydroxylation sites is 1. The fraction of sp³-hybridized carbons (Fsp3) is 0.172. The number of amides is 1. The largest absolute Gasteiger partial charge is 0.490 e. The molecule has 0 radical (unpaired) electrons. The number of anilines is 2. The number of aliphatic carboxylic acids is 1. The number of carbonyl (C=O) groups excluding carboxylic acids is 1. The van der Waals surface area contributed by atoms with E-state index >= 15 is 0 Å². The van der Waals surface area contributed by atoms with Gasteiger partial charge in [0.05, 0.1) is 6.04 Å². The molecule has 9 heteroatoms. The fourth-order valence-electron chi connectivity index (χ4n) is 3.65. The van der Waals surface area contributed by atoms with Gasteiger partial charge in [0.15, 0.2) is 0 Å². The molecule has 198 valence electrons. The van der Waals surface area contributed by atoms with Gasteiger partial charge in [-0.3, -0.25) is 4.79 Å². The Morgan fingerprint density at radius 2 is 1.63 bits per heavy atom. The maximum Gasteiger partial charge on any atom is 0.490 e. The number of alkyl halides is 3. The SMILES string of the molecule is C[C@H](N)C(=O)Nc1ccc(/C=C/C2C=CN(Cc3ccccc3)c3ccccc32)cc1.O=C(O)C(F)(F)F. The van der Waals surface area contributed by atoms with Crippen LogP contribution in [0, 0.1) is 0 Å². The quantitative estimate of drug-likeness (QED) is 0.372. The Kier molecular flexibility index (Phi) is 9.45. The lowest BCUT2D eigenvalue weighted by Gasteiger charge is -2.29. The topological polar surface area (TPSA) is 95.7 Å². The Morgan fingerprint density at radius 3 is 2.24 bits per heavy atom. The molecule has 0 fully saturated rings. The van der Waals surface area contributed by atoms with Gasteiger partial charge in [0, 0.05) is 30.0 Å². The Labute approximate surface area is 218 Å². The van der Waals surface area contributed by atoms with Crippen molar-refractivity contribution in [3.63, 3.8) is 0 Å². The minimum absolute atomic E-state index is 0.188. The molecule has 6 nitrogen and oxygen atoms in total. The lowest BCUT2D eigenvalue weighted by molar-refractivity contribution is -0.192. The summed E-state index contributed by atoms with van der Waals surface area (Å²) in [6.07, 6.45) is 3.66. The maximum atomic E-state index is 11.7. The summed E-state index contributed by atoms with van der Waals surface area (Å²) in [5, 5.41) is 9.93. The predicted octanol–water partition coefficient (Wildman–Crippen LogP) is 5.94. The average molecular weight is 524 g/mol. The van der Waals surface area contributed by atoms with Crippen molar-refractivity contribution in [1.29, 1.82) is 0 Å². The van der Waals surface area contributed by atoms with Crippen LogP contribution in [-0.2, 0) is 16.1 Å². The highest BCUT2D eigenvalue weighted by molar-refractivity contribution is 5.94. The molecule has 3 aromatic rings. The molecule has 1 amide bonds. The van der Waals surface area contributed by atoms with Crippen LogP contribution in [0.2, 0.25) is 0 Å². The van der Waals surface area contributed by atoms with Gasteiger partial charge in [-0.15, -0.1) is 0 Å². The molecule has 4 N–H and O–H groups in total. The molecule has 2 atom stereocenters. The zero-order valence-electron chi connectivity index (χ0n) is 20.6. The van der Waals surface area contributed by atoms with Gasteiger partial charge >= 0.3 is 12.1 Å². The number of rotatable bonds is 6. The number of carbonyl (C=O) groups is 2.